The molecule has 3 unspecified atom stereocenters. The largest absolute Gasteiger partial charge is 0.343 e. The maximum absolute atomic E-state index is 11.4. The van der Waals surface area contributed by atoms with Gasteiger partial charge in [0.1, 0.15) is 0 Å². The van der Waals surface area contributed by atoms with Gasteiger partial charge in [0.15, 0.2) is 0 Å². The molecule has 4 heteroatoms. The smallest absolute Gasteiger partial charge is 0.234 e. The molecule has 0 aromatic rings. The Balaban J connectivity index is 1.85. The summed E-state index contributed by atoms with van der Waals surface area (Å²) in [5.41, 5.74) is 0. The molecule has 2 N–H and O–H groups in total. The quantitative estimate of drug-likeness (QED) is 0.638. The van der Waals surface area contributed by atoms with Gasteiger partial charge in [-0.3, -0.25) is 4.79 Å². The second kappa shape index (κ2) is 3.68. The standard InChI is InChI=1S/C11H14N2OS/c14-10-6-12-5-8-7-3-1-2-4-9(7)15-11(8)13-10/h1-2,4,7-8,11-12H,3,5-6H2,(H,13,14). The highest BCUT2D eigenvalue weighted by atomic mass is 32.2. The van der Waals surface area contributed by atoms with Gasteiger partial charge in [0, 0.05) is 18.4 Å². The van der Waals surface area contributed by atoms with Crippen LogP contribution < -0.4 is 10.6 Å². The van der Waals surface area contributed by atoms with Gasteiger partial charge in [0.05, 0.1) is 11.9 Å². The topological polar surface area (TPSA) is 41.1 Å². The molecule has 80 valence electrons. The fraction of sp³-hybridized carbons (Fsp3) is 0.545. The highest BCUT2D eigenvalue weighted by Crippen LogP contribution is 2.48. The first-order valence-corrected chi connectivity index (χ1v) is 6.26. The van der Waals surface area contributed by atoms with Crippen LogP contribution in [0.5, 0.6) is 0 Å². The van der Waals surface area contributed by atoms with Crippen molar-refractivity contribution in [3.05, 3.63) is 23.1 Å². The molecule has 2 aliphatic heterocycles. The molecule has 0 radical (unpaired) electrons. The first-order chi connectivity index (χ1) is 7.34. The summed E-state index contributed by atoms with van der Waals surface area (Å²) < 4.78 is 0. The van der Waals surface area contributed by atoms with Gasteiger partial charge in [-0.2, -0.15) is 0 Å². The number of nitrogens with one attached hydrogen (secondary N) is 2. The van der Waals surface area contributed by atoms with Crippen LogP contribution in [0.15, 0.2) is 23.1 Å². The van der Waals surface area contributed by atoms with Gasteiger partial charge in [-0.15, -0.1) is 11.8 Å². The molecule has 2 fully saturated rings. The van der Waals surface area contributed by atoms with E-state index in [2.05, 4.69) is 28.9 Å². The van der Waals surface area contributed by atoms with E-state index in [9.17, 15) is 4.79 Å². The van der Waals surface area contributed by atoms with Gasteiger partial charge in [-0.05, 0) is 11.3 Å². The maximum atomic E-state index is 11.4. The second-order valence-corrected chi connectivity index (χ2v) is 5.46. The number of fused-ring (bicyclic) bond motifs is 3. The normalized spacial score (nSPS) is 38.8. The van der Waals surface area contributed by atoms with Crippen molar-refractivity contribution in [1.29, 1.82) is 0 Å². The average Bonchev–Trinajstić information content (AvgIpc) is 2.46. The van der Waals surface area contributed by atoms with Gasteiger partial charge < -0.3 is 10.6 Å². The van der Waals surface area contributed by atoms with Crippen molar-refractivity contribution in [3.8, 4) is 0 Å². The maximum Gasteiger partial charge on any atom is 0.234 e. The molecule has 1 aliphatic carbocycles. The number of amides is 1. The fourth-order valence-corrected chi connectivity index (χ4v) is 4.08. The number of carbonyl (C=O) groups is 1. The first-order valence-electron chi connectivity index (χ1n) is 5.38. The van der Waals surface area contributed by atoms with E-state index >= 15 is 0 Å². The van der Waals surface area contributed by atoms with Gasteiger partial charge in [-0.25, -0.2) is 0 Å². The lowest BCUT2D eigenvalue weighted by Crippen LogP contribution is -2.36. The summed E-state index contributed by atoms with van der Waals surface area (Å²) >= 11 is 1.83. The average molecular weight is 222 g/mol. The van der Waals surface area contributed by atoms with Gasteiger partial charge >= 0.3 is 0 Å². The van der Waals surface area contributed by atoms with Crippen molar-refractivity contribution >= 4 is 17.7 Å². The first kappa shape index (κ1) is 9.48. The van der Waals surface area contributed by atoms with E-state index in [0.29, 0.717) is 18.4 Å². The number of hydrogen-bond donors (Lipinski definition) is 2. The van der Waals surface area contributed by atoms with Crippen LogP contribution in [0.2, 0.25) is 0 Å². The SMILES string of the molecule is O=C1CNCC2C(N1)SC1=CC=CCC12. The van der Waals surface area contributed by atoms with E-state index in [1.165, 1.54) is 4.91 Å². The van der Waals surface area contributed by atoms with Crippen molar-refractivity contribution < 1.29 is 4.79 Å². The van der Waals surface area contributed by atoms with Crippen molar-refractivity contribution in [3.63, 3.8) is 0 Å². The van der Waals surface area contributed by atoms with E-state index in [1.54, 1.807) is 0 Å². The molecule has 0 spiro atoms. The molecule has 0 aromatic heterocycles. The van der Waals surface area contributed by atoms with Crippen molar-refractivity contribution in [2.24, 2.45) is 11.8 Å². The Morgan fingerprint density at radius 3 is 3.33 bits per heavy atom. The summed E-state index contributed by atoms with van der Waals surface area (Å²) in [5.74, 6) is 1.30. The highest BCUT2D eigenvalue weighted by Gasteiger charge is 2.41. The summed E-state index contributed by atoms with van der Waals surface area (Å²) in [6.45, 7) is 1.42. The second-order valence-electron chi connectivity index (χ2n) is 4.24. The van der Waals surface area contributed by atoms with Crippen molar-refractivity contribution in [2.75, 3.05) is 13.1 Å². The lowest BCUT2D eigenvalue weighted by Gasteiger charge is -2.21. The molecule has 0 bridgehead atoms. The van der Waals surface area contributed by atoms with Crippen LogP contribution in [-0.4, -0.2) is 24.4 Å². The summed E-state index contributed by atoms with van der Waals surface area (Å²) in [5, 5.41) is 6.60. The number of allylic oxidation sites excluding steroid dienone is 4. The van der Waals surface area contributed by atoms with E-state index in [1.807, 2.05) is 11.8 Å². The Kier molecular flexibility index (Phi) is 2.33. The van der Waals surface area contributed by atoms with Crippen LogP contribution >= 0.6 is 11.8 Å². The minimum atomic E-state index is 0.127. The number of thioether (sulfide) groups is 1. The minimum Gasteiger partial charge on any atom is -0.343 e. The van der Waals surface area contributed by atoms with E-state index < -0.39 is 0 Å². The lowest BCUT2D eigenvalue weighted by atomic mass is 9.87. The number of rotatable bonds is 0. The molecule has 2 saturated heterocycles. The van der Waals surface area contributed by atoms with Crippen LogP contribution in [-0.2, 0) is 4.79 Å². The Hall–Kier alpha value is -0.740. The molecule has 0 aromatic carbocycles. The van der Waals surface area contributed by atoms with Crippen LogP contribution in [0.1, 0.15) is 6.42 Å². The van der Waals surface area contributed by atoms with Crippen LogP contribution in [0.25, 0.3) is 0 Å². The van der Waals surface area contributed by atoms with Crippen molar-refractivity contribution in [2.45, 2.75) is 11.8 Å². The van der Waals surface area contributed by atoms with E-state index in [0.717, 1.165) is 13.0 Å². The van der Waals surface area contributed by atoms with Crippen LogP contribution in [0, 0.1) is 11.8 Å². The van der Waals surface area contributed by atoms with Crippen LogP contribution in [0.4, 0.5) is 0 Å². The summed E-state index contributed by atoms with van der Waals surface area (Å²) in [7, 11) is 0. The third-order valence-corrected chi connectivity index (χ3v) is 4.72. The third kappa shape index (κ3) is 1.62. The molecule has 3 rings (SSSR count). The van der Waals surface area contributed by atoms with Gasteiger partial charge in [-0.1, -0.05) is 18.2 Å². The molecule has 3 aliphatic rings. The molecule has 2 heterocycles. The van der Waals surface area contributed by atoms with E-state index in [-0.39, 0.29) is 11.3 Å². The Bertz CT molecular complexity index is 350. The molecule has 3 atom stereocenters. The number of hydrogen-bond acceptors (Lipinski definition) is 3. The molecule has 1 amide bonds. The molecule has 0 saturated carbocycles. The van der Waals surface area contributed by atoms with E-state index in [4.69, 9.17) is 0 Å². The Morgan fingerprint density at radius 2 is 2.40 bits per heavy atom. The zero-order valence-corrected chi connectivity index (χ0v) is 9.22. The van der Waals surface area contributed by atoms with Crippen LogP contribution in [0.3, 0.4) is 0 Å². The Morgan fingerprint density at radius 1 is 1.47 bits per heavy atom. The minimum absolute atomic E-state index is 0.127. The fourth-order valence-electron chi connectivity index (χ4n) is 2.53. The lowest BCUT2D eigenvalue weighted by molar-refractivity contribution is -0.120. The monoisotopic (exact) mass is 222 g/mol. The molecule has 15 heavy (non-hydrogen) atoms. The predicted octanol–water partition coefficient (Wildman–Crippen LogP) is 0.855. The van der Waals surface area contributed by atoms with Gasteiger partial charge in [0.2, 0.25) is 5.91 Å². The summed E-state index contributed by atoms with van der Waals surface area (Å²) in [4.78, 5) is 12.9. The molecule has 3 nitrogen and oxygen atoms in total. The summed E-state index contributed by atoms with van der Waals surface area (Å²) in [6, 6.07) is 0. The number of carbonyl (C=O) groups excluding carboxylic acids is 1. The zero-order valence-electron chi connectivity index (χ0n) is 8.40. The molecular weight excluding hydrogens is 208 g/mol. The van der Waals surface area contributed by atoms with Gasteiger partial charge in [0.25, 0.3) is 0 Å². The summed E-state index contributed by atoms with van der Waals surface area (Å²) in [6.07, 6.45) is 7.67. The Labute approximate surface area is 93.4 Å². The van der Waals surface area contributed by atoms with Crippen molar-refractivity contribution in [1.82, 2.24) is 10.6 Å². The molecular formula is C11H14N2OS. The zero-order chi connectivity index (χ0) is 10.3. The highest BCUT2D eigenvalue weighted by molar-refractivity contribution is 8.04. The third-order valence-electron chi connectivity index (χ3n) is 3.29. The predicted molar refractivity (Wildman–Crippen MR) is 61.2 cm³/mol.